The first-order valence-electron chi connectivity index (χ1n) is 8.06. The van der Waals surface area contributed by atoms with Crippen LogP contribution in [0.1, 0.15) is 37.7 Å². The first-order valence-corrected chi connectivity index (χ1v) is 8.06. The molecule has 0 bridgehead atoms. The number of nitriles is 1. The fourth-order valence-electron chi connectivity index (χ4n) is 3.21. The molecule has 5 nitrogen and oxygen atoms in total. The zero-order valence-electron chi connectivity index (χ0n) is 13.1. The van der Waals surface area contributed by atoms with Crippen LogP contribution in [0.15, 0.2) is 30.3 Å². The molecule has 0 unspecified atom stereocenters. The van der Waals surface area contributed by atoms with Crippen LogP contribution in [0.5, 0.6) is 0 Å². The molecular formula is C18H22N2O3. The number of nitrogens with zero attached hydrogens (tertiary/aromatic N) is 2. The van der Waals surface area contributed by atoms with Crippen LogP contribution >= 0.6 is 0 Å². The molecule has 0 heterocycles. The monoisotopic (exact) mass is 314 g/mol. The maximum absolute atomic E-state index is 12.9. The van der Waals surface area contributed by atoms with E-state index in [1.165, 1.54) is 0 Å². The lowest BCUT2D eigenvalue weighted by Gasteiger charge is -2.32. The molecule has 1 aromatic rings. The van der Waals surface area contributed by atoms with Crippen LogP contribution < -0.4 is 0 Å². The van der Waals surface area contributed by atoms with Gasteiger partial charge in [-0.15, -0.1) is 0 Å². The minimum atomic E-state index is -0.886. The number of hydrogen-bond acceptors (Lipinski definition) is 3. The molecule has 0 spiro atoms. The van der Waals surface area contributed by atoms with Gasteiger partial charge in [-0.3, -0.25) is 9.59 Å². The summed E-state index contributed by atoms with van der Waals surface area (Å²) in [5.74, 6) is -2.08. The summed E-state index contributed by atoms with van der Waals surface area (Å²) in [7, 11) is 0. The summed E-state index contributed by atoms with van der Waals surface area (Å²) in [4.78, 5) is 26.0. The molecule has 0 saturated heterocycles. The van der Waals surface area contributed by atoms with E-state index in [1.54, 1.807) is 4.90 Å². The van der Waals surface area contributed by atoms with Crippen molar-refractivity contribution in [3.05, 3.63) is 35.9 Å². The van der Waals surface area contributed by atoms with Gasteiger partial charge in [-0.1, -0.05) is 43.2 Å². The van der Waals surface area contributed by atoms with Gasteiger partial charge in [-0.2, -0.15) is 5.26 Å². The van der Waals surface area contributed by atoms with Crippen molar-refractivity contribution in [3.63, 3.8) is 0 Å². The predicted molar refractivity (Wildman–Crippen MR) is 85.2 cm³/mol. The molecule has 2 atom stereocenters. The maximum atomic E-state index is 12.9. The van der Waals surface area contributed by atoms with Gasteiger partial charge in [-0.25, -0.2) is 0 Å². The Morgan fingerprint density at radius 2 is 1.83 bits per heavy atom. The van der Waals surface area contributed by atoms with Crippen LogP contribution in [0.2, 0.25) is 0 Å². The highest BCUT2D eigenvalue weighted by Gasteiger charge is 2.37. The van der Waals surface area contributed by atoms with Crippen molar-refractivity contribution >= 4 is 11.9 Å². The number of rotatable bonds is 6. The molecule has 1 N–H and O–H groups in total. The van der Waals surface area contributed by atoms with E-state index < -0.39 is 17.8 Å². The summed E-state index contributed by atoms with van der Waals surface area (Å²) in [6.45, 7) is 0.761. The van der Waals surface area contributed by atoms with E-state index in [0.29, 0.717) is 25.9 Å². The summed E-state index contributed by atoms with van der Waals surface area (Å²) in [6, 6.07) is 11.7. The third-order valence-corrected chi connectivity index (χ3v) is 4.42. The van der Waals surface area contributed by atoms with Crippen LogP contribution in [0.25, 0.3) is 0 Å². The quantitative estimate of drug-likeness (QED) is 0.875. The van der Waals surface area contributed by atoms with E-state index in [2.05, 4.69) is 6.07 Å². The largest absolute Gasteiger partial charge is 0.481 e. The number of benzene rings is 1. The Morgan fingerprint density at radius 3 is 2.43 bits per heavy atom. The van der Waals surface area contributed by atoms with Crippen molar-refractivity contribution in [3.8, 4) is 6.07 Å². The van der Waals surface area contributed by atoms with Gasteiger partial charge in [0, 0.05) is 13.1 Å². The fraction of sp³-hybridized carbons (Fsp3) is 0.500. The van der Waals surface area contributed by atoms with Gasteiger partial charge in [0.25, 0.3) is 0 Å². The zero-order valence-corrected chi connectivity index (χ0v) is 13.1. The highest BCUT2D eigenvalue weighted by atomic mass is 16.4. The average molecular weight is 314 g/mol. The van der Waals surface area contributed by atoms with Crippen LogP contribution in [-0.4, -0.2) is 28.4 Å². The summed E-state index contributed by atoms with van der Waals surface area (Å²) in [5.41, 5.74) is 0.987. The van der Waals surface area contributed by atoms with E-state index in [1.807, 2.05) is 30.3 Å². The molecule has 0 radical (unpaired) electrons. The number of hydrogen-bond donors (Lipinski definition) is 1. The van der Waals surface area contributed by atoms with Crippen LogP contribution in [0, 0.1) is 23.2 Å². The Labute approximate surface area is 136 Å². The normalized spacial score (nSPS) is 20.5. The number of aliphatic carboxylic acids is 1. The van der Waals surface area contributed by atoms with Crippen LogP contribution in [0.4, 0.5) is 0 Å². The topological polar surface area (TPSA) is 81.4 Å². The van der Waals surface area contributed by atoms with Gasteiger partial charge in [0.05, 0.1) is 24.3 Å². The number of carbonyl (C=O) groups is 2. The molecule has 0 aliphatic heterocycles. The van der Waals surface area contributed by atoms with E-state index in [0.717, 1.165) is 18.4 Å². The lowest BCUT2D eigenvalue weighted by Crippen LogP contribution is -2.42. The Bertz CT molecular complexity index is 580. The Balaban J connectivity index is 2.14. The van der Waals surface area contributed by atoms with E-state index in [4.69, 9.17) is 5.26 Å². The van der Waals surface area contributed by atoms with Gasteiger partial charge in [0.1, 0.15) is 0 Å². The second-order valence-electron chi connectivity index (χ2n) is 5.99. The van der Waals surface area contributed by atoms with E-state index in [-0.39, 0.29) is 12.3 Å². The highest BCUT2D eigenvalue weighted by molar-refractivity contribution is 5.85. The molecule has 2 rings (SSSR count). The third-order valence-electron chi connectivity index (χ3n) is 4.42. The second-order valence-corrected chi connectivity index (χ2v) is 5.99. The van der Waals surface area contributed by atoms with Gasteiger partial charge >= 0.3 is 5.97 Å². The second kappa shape index (κ2) is 8.33. The molecule has 122 valence electrons. The molecule has 1 amide bonds. The van der Waals surface area contributed by atoms with E-state index >= 15 is 0 Å². The number of carboxylic acids is 1. The van der Waals surface area contributed by atoms with Crippen molar-refractivity contribution in [2.24, 2.45) is 11.8 Å². The molecule has 5 heteroatoms. The molecule has 23 heavy (non-hydrogen) atoms. The van der Waals surface area contributed by atoms with Crippen molar-refractivity contribution < 1.29 is 14.7 Å². The van der Waals surface area contributed by atoms with Crippen LogP contribution in [0.3, 0.4) is 0 Å². The van der Waals surface area contributed by atoms with Gasteiger partial charge < -0.3 is 10.0 Å². The minimum absolute atomic E-state index is 0.129. The fourth-order valence-corrected chi connectivity index (χ4v) is 3.21. The summed E-state index contributed by atoms with van der Waals surface area (Å²) in [6.07, 6.45) is 3.18. The standard InChI is InChI=1S/C18H22N2O3/c19-11-6-12-20(13-14-7-2-1-3-8-14)17(21)15-9-4-5-10-16(15)18(22)23/h1-3,7-8,15-16H,4-6,9-10,12-13H2,(H,22,23)/t15-,16+/m0/s1. The third kappa shape index (κ3) is 4.56. The number of carbonyl (C=O) groups excluding carboxylic acids is 1. The molecular weight excluding hydrogens is 292 g/mol. The molecule has 1 aliphatic rings. The summed E-state index contributed by atoms with van der Waals surface area (Å²) in [5, 5.41) is 18.2. The van der Waals surface area contributed by atoms with Crippen molar-refractivity contribution in [2.75, 3.05) is 6.54 Å². The lowest BCUT2D eigenvalue weighted by atomic mass is 9.78. The van der Waals surface area contributed by atoms with Crippen molar-refractivity contribution in [2.45, 2.75) is 38.6 Å². The molecule has 1 fully saturated rings. The molecule has 1 aliphatic carbocycles. The summed E-state index contributed by atoms with van der Waals surface area (Å²) >= 11 is 0. The first-order chi connectivity index (χ1) is 11.1. The predicted octanol–water partition coefficient (Wildman–Crippen LogP) is 2.82. The Kier molecular flexibility index (Phi) is 6.16. The van der Waals surface area contributed by atoms with Gasteiger partial charge in [-0.05, 0) is 18.4 Å². The van der Waals surface area contributed by atoms with Crippen molar-refractivity contribution in [1.82, 2.24) is 4.90 Å². The average Bonchev–Trinajstić information content (AvgIpc) is 2.58. The Hall–Kier alpha value is -2.35. The summed E-state index contributed by atoms with van der Waals surface area (Å²) < 4.78 is 0. The maximum Gasteiger partial charge on any atom is 0.307 e. The highest BCUT2D eigenvalue weighted by Crippen LogP contribution is 2.32. The lowest BCUT2D eigenvalue weighted by molar-refractivity contribution is -0.152. The first kappa shape index (κ1) is 17.0. The molecule has 1 aromatic carbocycles. The number of carboxylic acid groups (broad SMARTS) is 1. The smallest absolute Gasteiger partial charge is 0.307 e. The van der Waals surface area contributed by atoms with E-state index in [9.17, 15) is 14.7 Å². The van der Waals surface area contributed by atoms with Crippen molar-refractivity contribution in [1.29, 1.82) is 5.26 Å². The number of amides is 1. The zero-order chi connectivity index (χ0) is 16.7. The molecule has 1 saturated carbocycles. The molecule has 0 aromatic heterocycles. The SMILES string of the molecule is N#CCCN(Cc1ccccc1)C(=O)[C@H]1CCCC[C@H]1C(=O)O. The van der Waals surface area contributed by atoms with Crippen LogP contribution in [-0.2, 0) is 16.1 Å². The van der Waals surface area contributed by atoms with Gasteiger partial charge in [0.2, 0.25) is 5.91 Å². The van der Waals surface area contributed by atoms with Gasteiger partial charge in [0.15, 0.2) is 0 Å². The minimum Gasteiger partial charge on any atom is -0.481 e. The Morgan fingerprint density at radius 1 is 1.17 bits per heavy atom.